The molecule has 0 unspecified atom stereocenters. The molecular weight excluding hydrogens is 486 g/mol. The number of nitrogens with one attached hydrogen (secondary N) is 2. The number of aromatic nitrogens is 2. The summed E-state index contributed by atoms with van der Waals surface area (Å²) in [7, 11) is 0. The quantitative estimate of drug-likeness (QED) is 0.308. The molecule has 1 aromatic heterocycles. The average molecular weight is 499 g/mol. The number of carbonyl (C=O) groups excluding carboxylic acids is 1. The molecule has 0 saturated carbocycles. The van der Waals surface area contributed by atoms with E-state index in [1.165, 1.54) is 12.1 Å². The van der Waals surface area contributed by atoms with Gasteiger partial charge in [0.05, 0.1) is 21.6 Å². The minimum absolute atomic E-state index is 0.0227. The number of anilines is 1. The SMILES string of the molecule is O=C(Nc1ccc(Cl)c(C(F)(F)F)c1)c1ccc2nc(Cc3c(Cl)cccc3Cl)[nH]c2c1. The molecule has 3 aromatic carbocycles. The number of amides is 1. The van der Waals surface area contributed by atoms with E-state index in [1.54, 1.807) is 30.3 Å². The van der Waals surface area contributed by atoms with Crippen molar-refractivity contribution in [2.75, 3.05) is 5.32 Å². The van der Waals surface area contributed by atoms with Crippen LogP contribution in [0.4, 0.5) is 18.9 Å². The van der Waals surface area contributed by atoms with Crippen molar-refractivity contribution in [2.45, 2.75) is 12.6 Å². The molecule has 2 N–H and O–H groups in total. The summed E-state index contributed by atoms with van der Waals surface area (Å²) in [5, 5.41) is 3.04. The molecule has 1 heterocycles. The van der Waals surface area contributed by atoms with E-state index in [4.69, 9.17) is 34.8 Å². The number of H-pyrrole nitrogens is 1. The number of carbonyl (C=O) groups is 1. The number of nitrogens with zero attached hydrogens (tertiary/aromatic N) is 1. The lowest BCUT2D eigenvalue weighted by Crippen LogP contribution is -2.13. The average Bonchev–Trinajstić information content (AvgIpc) is 3.13. The highest BCUT2D eigenvalue weighted by Crippen LogP contribution is 2.36. The molecule has 0 fully saturated rings. The van der Waals surface area contributed by atoms with Crippen molar-refractivity contribution in [3.05, 3.63) is 92.2 Å². The Kier molecular flexibility index (Phi) is 6.07. The topological polar surface area (TPSA) is 57.8 Å². The van der Waals surface area contributed by atoms with E-state index in [0.29, 0.717) is 33.3 Å². The van der Waals surface area contributed by atoms with Crippen LogP contribution in [0, 0.1) is 0 Å². The number of benzene rings is 3. The van der Waals surface area contributed by atoms with Gasteiger partial charge in [-0.3, -0.25) is 4.79 Å². The van der Waals surface area contributed by atoms with Crippen LogP contribution in [0.5, 0.6) is 0 Å². The summed E-state index contributed by atoms with van der Waals surface area (Å²) < 4.78 is 39.1. The molecule has 32 heavy (non-hydrogen) atoms. The van der Waals surface area contributed by atoms with Crippen molar-refractivity contribution >= 4 is 57.4 Å². The van der Waals surface area contributed by atoms with Gasteiger partial charge in [0.25, 0.3) is 5.91 Å². The van der Waals surface area contributed by atoms with E-state index < -0.39 is 22.7 Å². The van der Waals surface area contributed by atoms with Crippen LogP contribution in [0.25, 0.3) is 11.0 Å². The van der Waals surface area contributed by atoms with Gasteiger partial charge in [0.15, 0.2) is 0 Å². The van der Waals surface area contributed by atoms with Crippen LogP contribution >= 0.6 is 34.8 Å². The van der Waals surface area contributed by atoms with E-state index >= 15 is 0 Å². The maximum absolute atomic E-state index is 13.0. The van der Waals surface area contributed by atoms with E-state index in [0.717, 1.165) is 17.7 Å². The number of fused-ring (bicyclic) bond motifs is 1. The molecule has 1 amide bonds. The van der Waals surface area contributed by atoms with E-state index in [9.17, 15) is 18.0 Å². The monoisotopic (exact) mass is 497 g/mol. The smallest absolute Gasteiger partial charge is 0.342 e. The Labute approximate surface area is 195 Å². The molecule has 0 spiro atoms. The number of alkyl halides is 3. The van der Waals surface area contributed by atoms with Crippen LogP contribution in [-0.4, -0.2) is 15.9 Å². The van der Waals surface area contributed by atoms with Crippen molar-refractivity contribution in [1.82, 2.24) is 9.97 Å². The van der Waals surface area contributed by atoms with Gasteiger partial charge in [-0.05, 0) is 54.1 Å². The van der Waals surface area contributed by atoms with Crippen LogP contribution in [0.2, 0.25) is 15.1 Å². The minimum atomic E-state index is -4.63. The Hall–Kier alpha value is -2.74. The fourth-order valence-electron chi connectivity index (χ4n) is 3.18. The van der Waals surface area contributed by atoms with Gasteiger partial charge in [0.2, 0.25) is 0 Å². The van der Waals surface area contributed by atoms with Crippen LogP contribution in [0.3, 0.4) is 0 Å². The highest BCUT2D eigenvalue weighted by Gasteiger charge is 2.33. The van der Waals surface area contributed by atoms with Crippen LogP contribution in [0.1, 0.15) is 27.3 Å². The summed E-state index contributed by atoms with van der Waals surface area (Å²) in [5.41, 5.74) is 1.12. The van der Waals surface area contributed by atoms with Crippen molar-refractivity contribution < 1.29 is 18.0 Å². The molecular formula is C22H13Cl3F3N3O. The number of aromatic amines is 1. The highest BCUT2D eigenvalue weighted by molar-refractivity contribution is 6.36. The van der Waals surface area contributed by atoms with Gasteiger partial charge in [-0.15, -0.1) is 0 Å². The number of hydrogen-bond acceptors (Lipinski definition) is 2. The number of rotatable bonds is 4. The Morgan fingerprint density at radius 1 is 0.969 bits per heavy atom. The lowest BCUT2D eigenvalue weighted by molar-refractivity contribution is -0.137. The number of imidazole rings is 1. The first kappa shape index (κ1) is 22.5. The van der Waals surface area contributed by atoms with Crippen molar-refractivity contribution in [3.8, 4) is 0 Å². The summed E-state index contributed by atoms with van der Waals surface area (Å²) in [4.78, 5) is 20.2. The summed E-state index contributed by atoms with van der Waals surface area (Å²) in [6, 6.07) is 13.1. The lowest BCUT2D eigenvalue weighted by atomic mass is 10.1. The highest BCUT2D eigenvalue weighted by atomic mass is 35.5. The van der Waals surface area contributed by atoms with E-state index in [-0.39, 0.29) is 11.3 Å². The maximum Gasteiger partial charge on any atom is 0.417 e. The molecule has 4 aromatic rings. The zero-order chi connectivity index (χ0) is 23.0. The first-order valence-corrected chi connectivity index (χ1v) is 10.3. The zero-order valence-electron chi connectivity index (χ0n) is 16.0. The van der Waals surface area contributed by atoms with Gasteiger partial charge in [-0.1, -0.05) is 40.9 Å². The van der Waals surface area contributed by atoms with E-state index in [2.05, 4.69) is 15.3 Å². The lowest BCUT2D eigenvalue weighted by Gasteiger charge is -2.11. The summed E-state index contributed by atoms with van der Waals surface area (Å²) in [6.07, 6.45) is -4.27. The first-order valence-electron chi connectivity index (χ1n) is 9.21. The van der Waals surface area contributed by atoms with Crippen molar-refractivity contribution in [2.24, 2.45) is 0 Å². The van der Waals surface area contributed by atoms with Crippen molar-refractivity contribution in [3.63, 3.8) is 0 Å². The predicted octanol–water partition coefficient (Wildman–Crippen LogP) is 7.39. The van der Waals surface area contributed by atoms with Crippen LogP contribution in [0.15, 0.2) is 54.6 Å². The van der Waals surface area contributed by atoms with Gasteiger partial charge < -0.3 is 10.3 Å². The second-order valence-corrected chi connectivity index (χ2v) is 8.16. The molecule has 0 aliphatic heterocycles. The Morgan fingerprint density at radius 3 is 2.38 bits per heavy atom. The summed E-state index contributed by atoms with van der Waals surface area (Å²) in [6.45, 7) is 0. The minimum Gasteiger partial charge on any atom is -0.342 e. The molecule has 0 atom stereocenters. The Morgan fingerprint density at radius 2 is 1.69 bits per heavy atom. The second-order valence-electron chi connectivity index (χ2n) is 6.94. The third kappa shape index (κ3) is 4.70. The molecule has 10 heteroatoms. The third-order valence-corrected chi connectivity index (χ3v) is 5.77. The van der Waals surface area contributed by atoms with Gasteiger partial charge in [-0.25, -0.2) is 4.98 Å². The fraction of sp³-hybridized carbons (Fsp3) is 0.0909. The Balaban J connectivity index is 1.57. The molecule has 0 aliphatic rings. The summed E-state index contributed by atoms with van der Waals surface area (Å²) >= 11 is 18.0. The first-order chi connectivity index (χ1) is 15.1. The van der Waals surface area contributed by atoms with Crippen molar-refractivity contribution in [1.29, 1.82) is 0 Å². The van der Waals surface area contributed by atoms with Gasteiger partial charge in [0, 0.05) is 27.7 Å². The van der Waals surface area contributed by atoms with Gasteiger partial charge >= 0.3 is 6.18 Å². The largest absolute Gasteiger partial charge is 0.417 e. The molecule has 164 valence electrons. The second kappa shape index (κ2) is 8.65. The zero-order valence-corrected chi connectivity index (χ0v) is 18.3. The number of halogens is 6. The fourth-order valence-corrected chi connectivity index (χ4v) is 3.94. The molecule has 0 bridgehead atoms. The van der Waals surface area contributed by atoms with Crippen LogP contribution < -0.4 is 5.32 Å². The standard InChI is InChI=1S/C22H13Cl3F3N3O/c23-15-2-1-3-16(24)13(15)10-20-30-18-7-4-11(8-19(18)31-20)21(32)29-12-5-6-17(25)14(9-12)22(26,27)28/h1-9H,10H2,(H,29,32)(H,30,31). The summed E-state index contributed by atoms with van der Waals surface area (Å²) in [5.74, 6) is 0.0210. The molecule has 0 radical (unpaired) electrons. The molecule has 0 aliphatic carbocycles. The van der Waals surface area contributed by atoms with E-state index in [1.807, 2.05) is 0 Å². The van der Waals surface area contributed by atoms with Crippen LogP contribution in [-0.2, 0) is 12.6 Å². The number of hydrogen-bond donors (Lipinski definition) is 2. The molecule has 4 nitrogen and oxygen atoms in total. The molecule has 4 rings (SSSR count). The third-order valence-electron chi connectivity index (χ3n) is 4.73. The predicted molar refractivity (Wildman–Crippen MR) is 120 cm³/mol. The normalized spacial score (nSPS) is 11.7. The maximum atomic E-state index is 13.0. The molecule has 0 saturated heterocycles. The van der Waals surface area contributed by atoms with Gasteiger partial charge in [-0.2, -0.15) is 13.2 Å². The Bertz CT molecular complexity index is 1310. The van der Waals surface area contributed by atoms with Gasteiger partial charge in [0.1, 0.15) is 5.82 Å².